The van der Waals surface area contributed by atoms with Crippen molar-refractivity contribution >= 4 is 5.69 Å². The van der Waals surface area contributed by atoms with Gasteiger partial charge in [-0.2, -0.15) is 0 Å². The number of rotatable bonds is 7. The summed E-state index contributed by atoms with van der Waals surface area (Å²) < 4.78 is 0. The normalized spacial score (nSPS) is 14.1. The van der Waals surface area contributed by atoms with Crippen LogP contribution in [-0.2, 0) is 0 Å². The van der Waals surface area contributed by atoms with Crippen LogP contribution in [0.1, 0.15) is 50.8 Å². The first-order valence-electron chi connectivity index (χ1n) is 6.85. The number of pyridine rings is 1. The molecule has 2 atom stereocenters. The summed E-state index contributed by atoms with van der Waals surface area (Å²) in [6.45, 7) is 9.14. The number of hydrogen-bond donors (Lipinski definition) is 1. The van der Waals surface area contributed by atoms with Crippen molar-refractivity contribution in [1.82, 2.24) is 10.3 Å². The minimum absolute atomic E-state index is 0.0884. The number of hydrogen-bond acceptors (Lipinski definition) is 4. The Balaban J connectivity index is 2.89. The van der Waals surface area contributed by atoms with Gasteiger partial charge in [0, 0.05) is 23.2 Å². The molecule has 106 valence electrons. The largest absolute Gasteiger partial charge is 0.313 e. The number of nitro groups is 1. The fourth-order valence-corrected chi connectivity index (χ4v) is 2.22. The number of nitrogens with zero attached hydrogens (tertiary/aromatic N) is 2. The molecule has 0 aliphatic rings. The first-order chi connectivity index (χ1) is 9.01. The quantitative estimate of drug-likeness (QED) is 0.607. The topological polar surface area (TPSA) is 68.1 Å². The minimum atomic E-state index is -0.385. The summed E-state index contributed by atoms with van der Waals surface area (Å²) >= 11 is 0. The molecule has 0 saturated heterocycles. The molecule has 1 N–H and O–H groups in total. The molecule has 0 fully saturated rings. The molecule has 2 unspecified atom stereocenters. The highest BCUT2D eigenvalue weighted by molar-refractivity contribution is 5.38. The third-order valence-corrected chi connectivity index (χ3v) is 3.47. The van der Waals surface area contributed by atoms with Crippen molar-refractivity contribution < 1.29 is 4.92 Å². The third-order valence-electron chi connectivity index (χ3n) is 3.47. The average Bonchev–Trinajstić information content (AvgIpc) is 2.38. The Bertz CT molecular complexity index is 435. The summed E-state index contributed by atoms with van der Waals surface area (Å²) in [5, 5.41) is 14.3. The van der Waals surface area contributed by atoms with E-state index in [-0.39, 0.29) is 16.5 Å². The average molecular weight is 265 g/mol. The number of nitrogens with one attached hydrogen (secondary N) is 1. The van der Waals surface area contributed by atoms with Crippen LogP contribution in [0.5, 0.6) is 0 Å². The van der Waals surface area contributed by atoms with Crippen LogP contribution in [0.2, 0.25) is 0 Å². The zero-order valence-electron chi connectivity index (χ0n) is 12.1. The molecule has 1 heterocycles. The Hall–Kier alpha value is -1.49. The van der Waals surface area contributed by atoms with Gasteiger partial charge in [0.2, 0.25) is 0 Å². The van der Waals surface area contributed by atoms with Gasteiger partial charge in [0.05, 0.1) is 4.92 Å². The lowest BCUT2D eigenvalue weighted by Gasteiger charge is -2.23. The first kappa shape index (κ1) is 15.6. The highest BCUT2D eigenvalue weighted by atomic mass is 16.6. The molecule has 0 bridgehead atoms. The summed E-state index contributed by atoms with van der Waals surface area (Å²) in [7, 11) is 0. The Kier molecular flexibility index (Phi) is 5.89. The summed E-state index contributed by atoms with van der Waals surface area (Å²) in [5.41, 5.74) is 1.68. The summed E-state index contributed by atoms with van der Waals surface area (Å²) in [4.78, 5) is 14.7. The van der Waals surface area contributed by atoms with Crippen molar-refractivity contribution in [3.8, 4) is 0 Å². The Labute approximate surface area is 114 Å². The molecule has 1 aromatic rings. The van der Waals surface area contributed by atoms with E-state index in [0.29, 0.717) is 11.6 Å². The maximum Gasteiger partial charge on any atom is 0.290 e. The molecule has 5 heteroatoms. The molecule has 1 rings (SSSR count). The molecule has 0 aliphatic heterocycles. The van der Waals surface area contributed by atoms with E-state index in [0.717, 1.165) is 25.1 Å². The van der Waals surface area contributed by atoms with E-state index in [2.05, 4.69) is 31.1 Å². The maximum absolute atomic E-state index is 10.8. The molecule has 0 radical (unpaired) electrons. The SMILES string of the molecule is CCCNC(CC)C(C)c1cc(C)c([N+](=O)[O-])cn1. The molecular formula is C14H23N3O2. The van der Waals surface area contributed by atoms with E-state index in [4.69, 9.17) is 0 Å². The zero-order chi connectivity index (χ0) is 14.4. The van der Waals surface area contributed by atoms with Crippen LogP contribution in [0, 0.1) is 17.0 Å². The summed E-state index contributed by atoms with van der Waals surface area (Å²) in [6, 6.07) is 2.19. The van der Waals surface area contributed by atoms with Gasteiger partial charge in [-0.05, 0) is 32.4 Å². The van der Waals surface area contributed by atoms with E-state index in [9.17, 15) is 10.1 Å². The molecule has 0 spiro atoms. The van der Waals surface area contributed by atoms with Gasteiger partial charge >= 0.3 is 0 Å². The molecule has 0 aliphatic carbocycles. The van der Waals surface area contributed by atoms with Gasteiger partial charge in [0.15, 0.2) is 0 Å². The van der Waals surface area contributed by atoms with Crippen LogP contribution in [0.4, 0.5) is 5.69 Å². The van der Waals surface area contributed by atoms with Crippen LogP contribution in [0.15, 0.2) is 12.3 Å². The van der Waals surface area contributed by atoms with Gasteiger partial charge in [-0.1, -0.05) is 20.8 Å². The van der Waals surface area contributed by atoms with Crippen molar-refractivity contribution in [2.75, 3.05) is 6.54 Å². The monoisotopic (exact) mass is 265 g/mol. The summed E-state index contributed by atoms with van der Waals surface area (Å²) in [5.74, 6) is 0.246. The summed E-state index contributed by atoms with van der Waals surface area (Å²) in [6.07, 6.45) is 3.47. The van der Waals surface area contributed by atoms with Gasteiger partial charge in [0.1, 0.15) is 6.20 Å². The van der Waals surface area contributed by atoms with Crippen molar-refractivity contribution in [2.45, 2.75) is 52.5 Å². The Morgan fingerprint density at radius 3 is 2.63 bits per heavy atom. The molecule has 19 heavy (non-hydrogen) atoms. The molecular weight excluding hydrogens is 242 g/mol. The van der Waals surface area contributed by atoms with Gasteiger partial charge in [-0.25, -0.2) is 0 Å². The predicted octanol–water partition coefficient (Wildman–Crippen LogP) is 3.18. The lowest BCUT2D eigenvalue weighted by molar-refractivity contribution is -0.385. The predicted molar refractivity (Wildman–Crippen MR) is 76.4 cm³/mol. The van der Waals surface area contributed by atoms with Crippen molar-refractivity contribution in [3.63, 3.8) is 0 Å². The van der Waals surface area contributed by atoms with Crippen LogP contribution in [-0.4, -0.2) is 22.5 Å². The van der Waals surface area contributed by atoms with E-state index in [1.807, 2.05) is 6.07 Å². The van der Waals surface area contributed by atoms with Crippen LogP contribution in [0.25, 0.3) is 0 Å². The van der Waals surface area contributed by atoms with Crippen molar-refractivity contribution in [1.29, 1.82) is 0 Å². The fraction of sp³-hybridized carbons (Fsp3) is 0.643. The van der Waals surface area contributed by atoms with Crippen molar-refractivity contribution in [2.24, 2.45) is 0 Å². The van der Waals surface area contributed by atoms with E-state index in [1.54, 1.807) is 6.92 Å². The standard InChI is InChI=1S/C14H23N3O2/c1-5-7-15-12(6-2)11(4)13-8-10(3)14(9-16-13)17(18)19/h8-9,11-12,15H,5-7H2,1-4H3. The minimum Gasteiger partial charge on any atom is -0.313 e. The van der Waals surface area contributed by atoms with Crippen LogP contribution in [0.3, 0.4) is 0 Å². The molecule has 0 amide bonds. The number of aryl methyl sites for hydroxylation is 1. The smallest absolute Gasteiger partial charge is 0.290 e. The van der Waals surface area contributed by atoms with E-state index >= 15 is 0 Å². The van der Waals surface area contributed by atoms with Gasteiger partial charge in [-0.3, -0.25) is 15.1 Å². The molecule has 0 saturated carbocycles. The molecule has 5 nitrogen and oxygen atoms in total. The van der Waals surface area contributed by atoms with Crippen molar-refractivity contribution in [3.05, 3.63) is 33.6 Å². The highest BCUT2D eigenvalue weighted by Crippen LogP contribution is 2.24. The van der Waals surface area contributed by atoms with Gasteiger partial charge in [0.25, 0.3) is 5.69 Å². The second kappa shape index (κ2) is 7.19. The fourth-order valence-electron chi connectivity index (χ4n) is 2.22. The van der Waals surface area contributed by atoms with Gasteiger partial charge in [-0.15, -0.1) is 0 Å². The highest BCUT2D eigenvalue weighted by Gasteiger charge is 2.20. The van der Waals surface area contributed by atoms with Crippen LogP contribution >= 0.6 is 0 Å². The lowest BCUT2D eigenvalue weighted by Crippen LogP contribution is -2.34. The van der Waals surface area contributed by atoms with Crippen LogP contribution < -0.4 is 5.32 Å². The maximum atomic E-state index is 10.8. The molecule has 0 aromatic carbocycles. The van der Waals surface area contributed by atoms with Gasteiger partial charge < -0.3 is 5.32 Å². The second-order valence-corrected chi connectivity index (χ2v) is 4.91. The number of aromatic nitrogens is 1. The third kappa shape index (κ3) is 3.99. The van der Waals surface area contributed by atoms with E-state index in [1.165, 1.54) is 6.20 Å². The van der Waals surface area contributed by atoms with E-state index < -0.39 is 0 Å². The lowest BCUT2D eigenvalue weighted by atomic mass is 9.94. The Morgan fingerprint density at radius 1 is 1.47 bits per heavy atom. The second-order valence-electron chi connectivity index (χ2n) is 4.91. The Morgan fingerprint density at radius 2 is 2.16 bits per heavy atom. The zero-order valence-corrected chi connectivity index (χ0v) is 12.1. The molecule has 1 aromatic heterocycles. The first-order valence-corrected chi connectivity index (χ1v) is 6.85.